The van der Waals surface area contributed by atoms with Gasteiger partial charge in [0.05, 0.1) is 6.10 Å². The van der Waals surface area contributed by atoms with Crippen molar-refractivity contribution in [2.24, 2.45) is 46.2 Å². The first-order valence-corrected chi connectivity index (χ1v) is 13.8. The fraction of sp³-hybridized carbons (Fsp3) is 0.885. The number of rotatable bonds is 5. The van der Waals surface area contributed by atoms with E-state index in [0.29, 0.717) is 35.1 Å². The van der Waals surface area contributed by atoms with E-state index in [1.165, 1.54) is 63.4 Å². The fourth-order valence-electron chi connectivity index (χ4n) is 8.88. The maximum atomic E-state index is 11.7. The van der Waals surface area contributed by atoms with Crippen LogP contribution >= 0.6 is 11.8 Å². The Labute approximate surface area is 192 Å². The lowest BCUT2D eigenvalue weighted by atomic mass is 9.44. The summed E-state index contributed by atoms with van der Waals surface area (Å²) in [5.41, 5.74) is 7.74. The van der Waals surface area contributed by atoms with Gasteiger partial charge in [-0.05, 0) is 104 Å². The molecule has 4 nitrogen and oxygen atoms in total. The number of thioether (sulfide) groups is 1. The molecule has 1 unspecified atom stereocenters. The van der Waals surface area contributed by atoms with Crippen LogP contribution in [0.25, 0.3) is 0 Å². The molecule has 0 bridgehead atoms. The molecule has 174 valence electrons. The van der Waals surface area contributed by atoms with Gasteiger partial charge in [0.1, 0.15) is 6.61 Å². The number of aliphatic hydroxyl groups excluding tert-OH is 1. The van der Waals surface area contributed by atoms with Gasteiger partial charge >= 0.3 is 5.97 Å². The van der Waals surface area contributed by atoms with Gasteiger partial charge < -0.3 is 15.6 Å². The molecule has 1 aliphatic heterocycles. The Morgan fingerprint density at radius 3 is 2.65 bits per heavy atom. The predicted octanol–water partition coefficient (Wildman–Crippen LogP) is 4.55. The molecule has 4 aliphatic carbocycles. The average molecular weight is 448 g/mol. The Balaban J connectivity index is 1.28. The smallest absolute Gasteiger partial charge is 0.331 e. The summed E-state index contributed by atoms with van der Waals surface area (Å²) >= 11 is 1.97. The number of hydrogen-bond donors (Lipinski definition) is 2. The summed E-state index contributed by atoms with van der Waals surface area (Å²) in [4.78, 5) is 11.7. The van der Waals surface area contributed by atoms with Crippen molar-refractivity contribution in [2.75, 3.05) is 18.9 Å². The molecule has 9 atom stereocenters. The molecular weight excluding hydrogens is 406 g/mol. The van der Waals surface area contributed by atoms with Crippen LogP contribution in [0.4, 0.5) is 0 Å². The van der Waals surface area contributed by atoms with Crippen LogP contribution in [0.15, 0.2) is 11.6 Å². The van der Waals surface area contributed by atoms with Crippen LogP contribution in [0.2, 0.25) is 0 Å². The quantitative estimate of drug-likeness (QED) is 0.605. The monoisotopic (exact) mass is 447 g/mol. The second-order valence-corrected chi connectivity index (χ2v) is 13.1. The molecule has 3 N–H and O–H groups in total. The number of carbonyl (C=O) groups excluding carboxylic acids is 1. The van der Waals surface area contributed by atoms with Crippen LogP contribution in [0, 0.1) is 40.4 Å². The maximum absolute atomic E-state index is 11.7. The van der Waals surface area contributed by atoms with E-state index in [1.54, 1.807) is 0 Å². The maximum Gasteiger partial charge on any atom is 0.331 e. The minimum absolute atomic E-state index is 0.127. The zero-order valence-electron chi connectivity index (χ0n) is 19.4. The number of fused-ring (bicyclic) bond motifs is 5. The van der Waals surface area contributed by atoms with Crippen molar-refractivity contribution in [2.45, 2.75) is 83.0 Å². The highest BCUT2D eigenvalue weighted by molar-refractivity contribution is 7.99. The SMILES string of the molecule is C[C@]12CC[C@H](SCC(O)CN)C[C@@H]1CC[C@@H]1[C@@H]2CC[C@]2(C)[C@@H](C3=CC(=O)OC3)CC[C@@H]12. The Morgan fingerprint density at radius 1 is 1.13 bits per heavy atom. The first kappa shape index (κ1) is 22.3. The number of nitrogens with two attached hydrogens (primary N) is 1. The van der Waals surface area contributed by atoms with Crippen molar-refractivity contribution in [1.29, 1.82) is 0 Å². The Morgan fingerprint density at radius 2 is 1.90 bits per heavy atom. The standard InChI is InChI=1S/C26H41NO3S/c1-25-9-7-19(31-15-18(28)13-27)12-17(25)3-4-20-22-6-5-21(16-11-24(29)30-14-16)26(22,2)10-8-23(20)25/h11,17-23,28H,3-10,12-15,27H2,1-2H3/t17-,18?,19-,20-,21+,22-,23-,25-,26+/m0/s1. The van der Waals surface area contributed by atoms with E-state index in [4.69, 9.17) is 10.5 Å². The zero-order valence-corrected chi connectivity index (χ0v) is 20.2. The average Bonchev–Trinajstić information content (AvgIpc) is 3.34. The van der Waals surface area contributed by atoms with Crippen LogP contribution in [0.1, 0.15) is 71.6 Å². The van der Waals surface area contributed by atoms with Crippen LogP contribution < -0.4 is 5.73 Å². The summed E-state index contributed by atoms with van der Waals surface area (Å²) in [5, 5.41) is 10.6. The fourth-order valence-corrected chi connectivity index (χ4v) is 10.2. The van der Waals surface area contributed by atoms with Gasteiger partial charge in [-0.25, -0.2) is 4.79 Å². The Hall–Kier alpha value is -0.520. The molecule has 4 saturated carbocycles. The zero-order chi connectivity index (χ0) is 21.8. The largest absolute Gasteiger partial charge is 0.458 e. The number of hydrogen-bond acceptors (Lipinski definition) is 5. The lowest BCUT2D eigenvalue weighted by Gasteiger charge is -2.61. The van der Waals surface area contributed by atoms with Gasteiger partial charge in [-0.3, -0.25) is 0 Å². The van der Waals surface area contributed by atoms with Crippen molar-refractivity contribution < 1.29 is 14.6 Å². The van der Waals surface area contributed by atoms with E-state index in [2.05, 4.69) is 13.8 Å². The second-order valence-electron chi connectivity index (χ2n) is 11.8. The first-order chi connectivity index (χ1) is 14.8. The molecule has 5 rings (SSSR count). The second kappa shape index (κ2) is 8.36. The summed E-state index contributed by atoms with van der Waals surface area (Å²) in [5.74, 6) is 4.62. The van der Waals surface area contributed by atoms with E-state index in [1.807, 2.05) is 17.8 Å². The third kappa shape index (κ3) is 3.71. The van der Waals surface area contributed by atoms with E-state index in [0.717, 1.165) is 29.4 Å². The number of esters is 1. The van der Waals surface area contributed by atoms with Crippen molar-refractivity contribution >= 4 is 17.7 Å². The number of aliphatic hydroxyl groups is 1. The van der Waals surface area contributed by atoms with Crippen molar-refractivity contribution in [3.63, 3.8) is 0 Å². The van der Waals surface area contributed by atoms with Gasteiger partial charge in [0.25, 0.3) is 0 Å². The molecule has 31 heavy (non-hydrogen) atoms. The lowest BCUT2D eigenvalue weighted by Crippen LogP contribution is -2.53. The summed E-state index contributed by atoms with van der Waals surface area (Å²) < 4.78 is 5.29. The first-order valence-electron chi connectivity index (χ1n) is 12.7. The van der Waals surface area contributed by atoms with Crippen molar-refractivity contribution in [1.82, 2.24) is 0 Å². The number of carbonyl (C=O) groups is 1. The van der Waals surface area contributed by atoms with E-state index >= 15 is 0 Å². The highest BCUT2D eigenvalue weighted by Crippen LogP contribution is 2.68. The molecule has 0 aromatic carbocycles. The van der Waals surface area contributed by atoms with E-state index in [9.17, 15) is 9.90 Å². The summed E-state index contributed by atoms with van der Waals surface area (Å²) in [6.45, 7) is 6.09. The van der Waals surface area contributed by atoms with E-state index < -0.39 is 0 Å². The summed E-state index contributed by atoms with van der Waals surface area (Å²) in [7, 11) is 0. The van der Waals surface area contributed by atoms with Crippen LogP contribution in [-0.2, 0) is 9.53 Å². The van der Waals surface area contributed by atoms with Crippen LogP contribution in [0.5, 0.6) is 0 Å². The lowest BCUT2D eigenvalue weighted by molar-refractivity contribution is -0.135. The van der Waals surface area contributed by atoms with Crippen LogP contribution in [0.3, 0.4) is 0 Å². The molecule has 0 spiro atoms. The van der Waals surface area contributed by atoms with Crippen molar-refractivity contribution in [3.05, 3.63) is 11.6 Å². The third-order valence-corrected chi connectivity index (χ3v) is 12.0. The van der Waals surface area contributed by atoms with Crippen LogP contribution in [-0.4, -0.2) is 41.3 Å². The highest BCUT2D eigenvalue weighted by atomic mass is 32.2. The molecule has 0 radical (unpaired) electrons. The minimum atomic E-state index is -0.351. The van der Waals surface area contributed by atoms with Gasteiger partial charge in [0.15, 0.2) is 0 Å². The molecular formula is C26H41NO3S. The third-order valence-electron chi connectivity index (χ3n) is 10.5. The normalized spacial score (nSPS) is 47.7. The Kier molecular flexibility index (Phi) is 6.01. The molecule has 0 saturated heterocycles. The molecule has 1 heterocycles. The predicted molar refractivity (Wildman–Crippen MR) is 126 cm³/mol. The topological polar surface area (TPSA) is 72.5 Å². The van der Waals surface area contributed by atoms with Gasteiger partial charge in [0.2, 0.25) is 0 Å². The van der Waals surface area contributed by atoms with Gasteiger partial charge in [-0.1, -0.05) is 13.8 Å². The number of ether oxygens (including phenoxy) is 1. The van der Waals surface area contributed by atoms with E-state index in [-0.39, 0.29) is 12.1 Å². The van der Waals surface area contributed by atoms with Gasteiger partial charge in [0, 0.05) is 23.6 Å². The molecule has 5 heteroatoms. The minimum Gasteiger partial charge on any atom is -0.458 e. The molecule has 0 aromatic heterocycles. The van der Waals surface area contributed by atoms with Crippen molar-refractivity contribution in [3.8, 4) is 0 Å². The molecule has 5 aliphatic rings. The number of cyclic esters (lactones) is 1. The molecule has 0 aromatic rings. The molecule has 4 fully saturated rings. The highest BCUT2D eigenvalue weighted by Gasteiger charge is 2.60. The molecule has 0 amide bonds. The Bertz CT molecular complexity index is 740. The van der Waals surface area contributed by atoms with Gasteiger partial charge in [-0.15, -0.1) is 0 Å². The van der Waals surface area contributed by atoms with Gasteiger partial charge in [-0.2, -0.15) is 11.8 Å². The summed E-state index contributed by atoms with van der Waals surface area (Å²) in [6, 6.07) is 0. The summed E-state index contributed by atoms with van der Waals surface area (Å²) in [6.07, 6.45) is 13.5.